The van der Waals surface area contributed by atoms with Crippen LogP contribution in [0.3, 0.4) is 0 Å². The molecule has 2 aliphatic heterocycles. The minimum Gasteiger partial charge on any atom is -0.389 e. The van der Waals surface area contributed by atoms with Gasteiger partial charge in [-0.15, -0.1) is 0 Å². The first-order valence-electron chi connectivity index (χ1n) is 13.8. The molecule has 0 aromatic rings. The van der Waals surface area contributed by atoms with Crippen molar-refractivity contribution in [3.8, 4) is 0 Å². The third kappa shape index (κ3) is 7.03. The molecule has 19 nitrogen and oxygen atoms in total. The predicted molar refractivity (Wildman–Crippen MR) is 146 cm³/mol. The predicted octanol–water partition coefficient (Wildman–Crippen LogP) is -7.38. The molecule has 1 amide bonds. The molecule has 0 aromatic heterocycles. The molecule has 0 bridgehead atoms. The first kappa shape index (κ1) is 32.5. The SMILES string of the molecule is NC[C@@H]1CC[C@@H](N=C(N)N)[C@@H](OC2[C@@H](N)C[C@@H](NC(=O)C3(O)CC3N=C(N)N)[C@H](O[C@H]3OC[C@@H](O)[C@H](N)[C@H]3O)[C@H]2O)O1. The van der Waals surface area contributed by atoms with Crippen molar-refractivity contribution < 1.29 is 44.2 Å². The number of ether oxygens (including phenoxy) is 4. The number of aliphatic hydroxyl groups excluding tert-OH is 3. The number of rotatable bonds is 9. The smallest absolute Gasteiger partial charge is 0.254 e. The van der Waals surface area contributed by atoms with E-state index >= 15 is 0 Å². The monoisotopic (exact) mass is 604 g/mol. The van der Waals surface area contributed by atoms with E-state index in [1.165, 1.54) is 0 Å². The Bertz CT molecular complexity index is 1020. The van der Waals surface area contributed by atoms with Crippen molar-refractivity contribution in [1.29, 1.82) is 0 Å². The zero-order valence-electron chi connectivity index (χ0n) is 23.0. The summed E-state index contributed by atoms with van der Waals surface area (Å²) in [5, 5.41) is 45.5. The van der Waals surface area contributed by atoms with Crippen molar-refractivity contribution >= 4 is 17.8 Å². The molecule has 240 valence electrons. The number of carbonyl (C=O) groups excluding carboxylic acids is 1. The van der Waals surface area contributed by atoms with Gasteiger partial charge < -0.3 is 84.8 Å². The van der Waals surface area contributed by atoms with Crippen LogP contribution in [0.4, 0.5) is 0 Å². The van der Waals surface area contributed by atoms with E-state index in [2.05, 4.69) is 15.3 Å². The van der Waals surface area contributed by atoms with E-state index < -0.39 is 84.8 Å². The Morgan fingerprint density at radius 2 is 1.64 bits per heavy atom. The summed E-state index contributed by atoms with van der Waals surface area (Å²) in [6.07, 6.45) is -8.38. The van der Waals surface area contributed by atoms with Crippen LogP contribution in [0.2, 0.25) is 0 Å². The Labute approximate surface area is 241 Å². The summed E-state index contributed by atoms with van der Waals surface area (Å²) in [4.78, 5) is 21.1. The van der Waals surface area contributed by atoms with Crippen LogP contribution in [0.1, 0.15) is 25.7 Å². The summed E-state index contributed by atoms with van der Waals surface area (Å²) in [6.45, 7) is -0.0427. The quantitative estimate of drug-likeness (QED) is 0.0858. The highest BCUT2D eigenvalue weighted by molar-refractivity contribution is 5.90. The van der Waals surface area contributed by atoms with Crippen molar-refractivity contribution in [2.75, 3.05) is 13.2 Å². The van der Waals surface area contributed by atoms with Gasteiger partial charge in [0, 0.05) is 19.0 Å². The van der Waals surface area contributed by atoms with Gasteiger partial charge >= 0.3 is 0 Å². The van der Waals surface area contributed by atoms with Crippen molar-refractivity contribution in [1.82, 2.24) is 5.32 Å². The Morgan fingerprint density at radius 1 is 0.976 bits per heavy atom. The third-order valence-electron chi connectivity index (χ3n) is 8.06. The summed E-state index contributed by atoms with van der Waals surface area (Å²) in [5.74, 6) is -1.29. The minimum absolute atomic E-state index is 0.0152. The fraction of sp³-hybridized carbons (Fsp3) is 0.870. The number of aliphatic imine (C=N–C) groups is 2. The maximum atomic E-state index is 13.1. The van der Waals surface area contributed by atoms with Crippen LogP contribution in [0.25, 0.3) is 0 Å². The number of carbonyl (C=O) groups is 1. The lowest BCUT2D eigenvalue weighted by Crippen LogP contribution is -2.68. The molecule has 0 aromatic carbocycles. The van der Waals surface area contributed by atoms with Crippen LogP contribution in [0.5, 0.6) is 0 Å². The van der Waals surface area contributed by atoms with Gasteiger partial charge in [-0.2, -0.15) is 0 Å². The lowest BCUT2D eigenvalue weighted by Gasteiger charge is -2.47. The standard InChI is InChI=1S/C23H44N10O9/c24-5-7-1-2-9(32-21(27)28)18(40-7)41-16-8(25)3-10(31-20(37)23(38)4-12(23)33-22(29)30)17(15(16)36)42-19-14(35)13(26)11(34)6-39-19/h7-19,34-36,38H,1-6,24-26H2,(H,31,37)(H4,27,28,32)(H4,29,30,33)/t7-,8-,9+,10+,11+,12?,13-,14+,15-,16?,17-,18+,19+,23?/m0/s1. The lowest BCUT2D eigenvalue weighted by atomic mass is 9.83. The van der Waals surface area contributed by atoms with E-state index in [1.54, 1.807) is 0 Å². The van der Waals surface area contributed by atoms with Gasteiger partial charge in [0.15, 0.2) is 30.1 Å². The van der Waals surface area contributed by atoms with E-state index in [-0.39, 0.29) is 44.0 Å². The van der Waals surface area contributed by atoms with Gasteiger partial charge in [-0.1, -0.05) is 0 Å². The van der Waals surface area contributed by atoms with Crippen LogP contribution in [0, 0.1) is 0 Å². The Morgan fingerprint density at radius 3 is 2.29 bits per heavy atom. The van der Waals surface area contributed by atoms with Crippen LogP contribution < -0.4 is 45.5 Å². The second kappa shape index (κ2) is 13.1. The van der Waals surface area contributed by atoms with E-state index in [0.717, 1.165) is 0 Å². The zero-order chi connectivity index (χ0) is 30.9. The molecule has 2 saturated carbocycles. The van der Waals surface area contributed by atoms with E-state index in [1.807, 2.05) is 0 Å². The maximum Gasteiger partial charge on any atom is 0.254 e. The Hall–Kier alpha value is -2.43. The van der Waals surface area contributed by atoms with E-state index in [9.17, 15) is 25.2 Å². The lowest BCUT2D eigenvalue weighted by molar-refractivity contribution is -0.296. The van der Waals surface area contributed by atoms with Crippen LogP contribution in [-0.4, -0.2) is 136 Å². The van der Waals surface area contributed by atoms with Crippen LogP contribution >= 0.6 is 0 Å². The number of guanidine groups is 2. The normalized spacial score (nSPS) is 45.5. The summed E-state index contributed by atoms with van der Waals surface area (Å²) < 4.78 is 23.5. The van der Waals surface area contributed by atoms with Crippen molar-refractivity contribution in [3.05, 3.63) is 0 Å². The number of nitrogens with one attached hydrogen (secondary N) is 1. The van der Waals surface area contributed by atoms with E-state index in [0.29, 0.717) is 12.8 Å². The first-order valence-corrected chi connectivity index (χ1v) is 13.8. The fourth-order valence-corrected chi connectivity index (χ4v) is 5.54. The number of nitrogens with zero attached hydrogens (tertiary/aromatic N) is 2. The third-order valence-corrected chi connectivity index (χ3v) is 8.06. The molecule has 19 heteroatoms. The van der Waals surface area contributed by atoms with Gasteiger partial charge in [-0.05, 0) is 19.3 Å². The number of nitrogens with two attached hydrogens (primary N) is 7. The molecule has 3 unspecified atom stereocenters. The highest BCUT2D eigenvalue weighted by Crippen LogP contribution is 2.40. The van der Waals surface area contributed by atoms with Gasteiger partial charge in [-0.3, -0.25) is 4.79 Å². The highest BCUT2D eigenvalue weighted by Gasteiger charge is 2.61. The topological polar surface area (TPSA) is 354 Å². The first-order chi connectivity index (χ1) is 19.7. The van der Waals surface area contributed by atoms with E-state index in [4.69, 9.17) is 59.1 Å². The molecule has 2 saturated heterocycles. The molecular weight excluding hydrogens is 560 g/mol. The molecule has 0 radical (unpaired) electrons. The summed E-state index contributed by atoms with van der Waals surface area (Å²) >= 11 is 0. The van der Waals surface area contributed by atoms with Gasteiger partial charge in [-0.25, -0.2) is 9.98 Å². The molecule has 19 N–H and O–H groups in total. The molecule has 4 aliphatic rings. The summed E-state index contributed by atoms with van der Waals surface area (Å²) in [7, 11) is 0. The highest BCUT2D eigenvalue weighted by atomic mass is 16.7. The molecule has 4 fully saturated rings. The maximum absolute atomic E-state index is 13.1. The van der Waals surface area contributed by atoms with Crippen molar-refractivity contribution in [2.24, 2.45) is 50.1 Å². The van der Waals surface area contributed by atoms with Crippen LogP contribution in [-0.2, 0) is 23.7 Å². The average Bonchev–Trinajstić information content (AvgIpc) is 3.58. The minimum atomic E-state index is -1.88. The molecular formula is C23H44N10O9. The molecule has 0 spiro atoms. The number of hydrogen-bond donors (Lipinski definition) is 12. The molecule has 4 rings (SSSR count). The molecule has 2 heterocycles. The zero-order valence-corrected chi connectivity index (χ0v) is 23.0. The summed E-state index contributed by atoms with van der Waals surface area (Å²) in [5.41, 5.74) is 38.2. The number of hydrogen-bond acceptors (Lipinski definition) is 14. The molecule has 14 atom stereocenters. The average molecular weight is 605 g/mol. The van der Waals surface area contributed by atoms with Crippen LogP contribution in [0.15, 0.2) is 9.98 Å². The largest absolute Gasteiger partial charge is 0.389 e. The second-order valence-corrected chi connectivity index (χ2v) is 11.3. The van der Waals surface area contributed by atoms with Crippen molar-refractivity contribution in [3.63, 3.8) is 0 Å². The van der Waals surface area contributed by atoms with Gasteiger partial charge in [0.2, 0.25) is 0 Å². The Kier molecular flexibility index (Phi) is 10.1. The molecule has 42 heavy (non-hydrogen) atoms. The van der Waals surface area contributed by atoms with Crippen molar-refractivity contribution in [2.45, 2.75) is 111 Å². The van der Waals surface area contributed by atoms with Gasteiger partial charge in [0.25, 0.3) is 5.91 Å². The number of aliphatic hydroxyl groups is 4. The van der Waals surface area contributed by atoms with Gasteiger partial charge in [0.05, 0.1) is 36.9 Å². The van der Waals surface area contributed by atoms with Gasteiger partial charge in [0.1, 0.15) is 30.5 Å². The summed E-state index contributed by atoms with van der Waals surface area (Å²) in [6, 6.07) is -4.48. The second-order valence-electron chi connectivity index (χ2n) is 11.3. The Balaban J connectivity index is 1.56. The molecule has 2 aliphatic carbocycles. The number of amides is 1. The fourth-order valence-electron chi connectivity index (χ4n) is 5.54.